The first kappa shape index (κ1) is 45.1. The van der Waals surface area contributed by atoms with Crippen molar-refractivity contribution in [3.05, 3.63) is 47.5 Å². The maximum Gasteiger partial charge on any atom is 0.128 e. The third-order valence-corrected chi connectivity index (χ3v) is 9.31. The van der Waals surface area contributed by atoms with Crippen molar-refractivity contribution in [2.24, 2.45) is 9.98 Å². The van der Waals surface area contributed by atoms with Crippen molar-refractivity contribution in [3.63, 3.8) is 0 Å². The first-order valence-electron chi connectivity index (χ1n) is 21.0. The van der Waals surface area contributed by atoms with Crippen molar-refractivity contribution in [2.75, 3.05) is 52.5 Å². The third-order valence-electron chi connectivity index (χ3n) is 9.31. The number of hydrogen-bond donors (Lipinski definition) is 4. The number of unbranched alkanes of at least 4 members (excludes halogenated alkanes) is 18. The predicted molar refractivity (Wildman–Crippen MR) is 222 cm³/mol. The van der Waals surface area contributed by atoms with Crippen molar-refractivity contribution >= 4 is 12.4 Å². The van der Waals surface area contributed by atoms with Gasteiger partial charge in [0.05, 0.1) is 26.3 Å². The van der Waals surface area contributed by atoms with Gasteiger partial charge < -0.3 is 30.3 Å². The van der Waals surface area contributed by atoms with E-state index in [1.807, 2.05) is 24.3 Å². The summed E-state index contributed by atoms with van der Waals surface area (Å²) in [5.41, 5.74) is 1.40. The lowest BCUT2D eigenvalue weighted by Crippen LogP contribution is -2.30. The van der Waals surface area contributed by atoms with Gasteiger partial charge in [0.25, 0.3) is 0 Å². The van der Waals surface area contributed by atoms with E-state index in [2.05, 4.69) is 34.5 Å². The molecule has 0 heterocycles. The Balaban J connectivity index is 1.43. The summed E-state index contributed by atoms with van der Waals surface area (Å²) >= 11 is 0. The van der Waals surface area contributed by atoms with Crippen LogP contribution >= 0.6 is 0 Å². The Morgan fingerprint density at radius 2 is 0.827 bits per heavy atom. The van der Waals surface area contributed by atoms with Crippen LogP contribution in [0.5, 0.6) is 23.0 Å². The molecule has 0 atom stereocenters. The molecule has 2 aromatic carbocycles. The summed E-state index contributed by atoms with van der Waals surface area (Å²) in [6.07, 6.45) is 29.5. The number of nitrogens with one attached hydrogen (secondary N) is 2. The van der Waals surface area contributed by atoms with Crippen LogP contribution in [0.1, 0.15) is 153 Å². The molecule has 0 spiro atoms. The molecule has 0 aromatic heterocycles. The smallest absolute Gasteiger partial charge is 0.128 e. The van der Waals surface area contributed by atoms with Gasteiger partial charge >= 0.3 is 0 Å². The molecule has 0 saturated heterocycles. The second kappa shape index (κ2) is 32.5. The molecule has 0 amide bonds. The molecule has 0 fully saturated rings. The summed E-state index contributed by atoms with van der Waals surface area (Å²) in [5, 5.41) is 27.5. The fourth-order valence-electron chi connectivity index (χ4n) is 6.04. The van der Waals surface area contributed by atoms with Crippen LogP contribution < -0.4 is 20.1 Å². The van der Waals surface area contributed by atoms with Crippen molar-refractivity contribution in [1.82, 2.24) is 10.6 Å². The van der Waals surface area contributed by atoms with Gasteiger partial charge in [-0.05, 0) is 37.1 Å². The molecule has 52 heavy (non-hydrogen) atoms. The Hall–Kier alpha value is -3.10. The highest BCUT2D eigenvalue weighted by Crippen LogP contribution is 2.24. The molecular weight excluding hydrogens is 649 g/mol. The van der Waals surface area contributed by atoms with Crippen LogP contribution in [0.15, 0.2) is 46.4 Å². The van der Waals surface area contributed by atoms with E-state index < -0.39 is 0 Å². The van der Waals surface area contributed by atoms with Crippen LogP contribution in [-0.2, 0) is 0 Å². The largest absolute Gasteiger partial charge is 0.507 e. The monoisotopic (exact) mass is 723 g/mol. The zero-order valence-corrected chi connectivity index (χ0v) is 33.0. The fourth-order valence-corrected chi connectivity index (χ4v) is 6.04. The number of phenolic OH excluding ortho intramolecular Hbond substituents is 2. The van der Waals surface area contributed by atoms with E-state index in [0.29, 0.717) is 48.9 Å². The van der Waals surface area contributed by atoms with Crippen molar-refractivity contribution < 1.29 is 19.7 Å². The molecule has 0 bridgehead atoms. The van der Waals surface area contributed by atoms with Crippen LogP contribution in [0.2, 0.25) is 0 Å². The third kappa shape index (κ3) is 24.2. The molecule has 0 aliphatic carbocycles. The van der Waals surface area contributed by atoms with E-state index in [-0.39, 0.29) is 11.5 Å². The Morgan fingerprint density at radius 3 is 1.17 bits per heavy atom. The summed E-state index contributed by atoms with van der Waals surface area (Å²) in [5.74, 6) is 1.80. The fraction of sp³-hybridized carbons (Fsp3) is 0.682. The highest BCUT2D eigenvalue weighted by molar-refractivity contribution is 5.84. The van der Waals surface area contributed by atoms with Gasteiger partial charge in [0.2, 0.25) is 0 Å². The maximum atomic E-state index is 10.4. The molecule has 2 rings (SSSR count). The van der Waals surface area contributed by atoms with Gasteiger partial charge in [-0.2, -0.15) is 0 Å². The Labute approximate surface area is 317 Å². The van der Waals surface area contributed by atoms with E-state index in [0.717, 1.165) is 39.0 Å². The minimum Gasteiger partial charge on any atom is -0.507 e. The quantitative estimate of drug-likeness (QED) is 0.0417. The molecule has 294 valence electrons. The molecule has 8 heteroatoms. The number of phenols is 2. The molecule has 0 aliphatic heterocycles. The average Bonchev–Trinajstić information content (AvgIpc) is 3.14. The first-order valence-corrected chi connectivity index (χ1v) is 21.0. The minimum atomic E-state index is 0.195. The van der Waals surface area contributed by atoms with Gasteiger partial charge in [-0.1, -0.05) is 129 Å². The van der Waals surface area contributed by atoms with E-state index in [1.54, 1.807) is 24.6 Å². The summed E-state index contributed by atoms with van der Waals surface area (Å²) in [7, 11) is 0. The Bertz CT molecular complexity index is 1100. The van der Waals surface area contributed by atoms with Gasteiger partial charge in [-0.25, -0.2) is 0 Å². The van der Waals surface area contributed by atoms with Gasteiger partial charge in [0.15, 0.2) is 0 Å². The molecule has 8 nitrogen and oxygen atoms in total. The van der Waals surface area contributed by atoms with Crippen LogP contribution in [0.25, 0.3) is 0 Å². The number of nitrogens with zero attached hydrogens (tertiary/aromatic N) is 2. The van der Waals surface area contributed by atoms with Gasteiger partial charge in [0.1, 0.15) is 23.0 Å². The lowest BCUT2D eigenvalue weighted by atomic mass is 10.1. The number of aromatic hydroxyl groups is 2. The number of rotatable bonds is 35. The van der Waals surface area contributed by atoms with E-state index in [1.165, 1.54) is 116 Å². The zero-order valence-electron chi connectivity index (χ0n) is 33.0. The summed E-state index contributed by atoms with van der Waals surface area (Å²) < 4.78 is 11.7. The first-order chi connectivity index (χ1) is 25.6. The summed E-state index contributed by atoms with van der Waals surface area (Å²) in [6, 6.07) is 10.9. The molecule has 4 N–H and O–H groups in total. The summed E-state index contributed by atoms with van der Waals surface area (Å²) in [4.78, 5) is 8.89. The molecule has 0 saturated carbocycles. The van der Waals surface area contributed by atoms with Crippen molar-refractivity contribution in [2.45, 2.75) is 142 Å². The van der Waals surface area contributed by atoms with E-state index in [4.69, 9.17) is 9.47 Å². The van der Waals surface area contributed by atoms with Crippen molar-refractivity contribution in [3.8, 4) is 23.0 Å². The Kier molecular flexibility index (Phi) is 28.2. The standard InChI is InChI=1S/C44H74N4O4/c1-3-5-7-9-11-13-15-17-19-21-33-51-41-25-23-39(43(49)35-41)37-47-31-29-45-27-28-46-30-32-48-38-40-24-26-42(36-44(40)50)52-34-22-20-18-16-14-12-10-8-6-4-2/h23-26,35-38,45-46,49-50H,3-22,27-34H2,1-2H3. The second-order valence-electron chi connectivity index (χ2n) is 14.1. The maximum absolute atomic E-state index is 10.4. The van der Waals surface area contributed by atoms with Gasteiger partial charge in [-0.15, -0.1) is 0 Å². The van der Waals surface area contributed by atoms with Crippen LogP contribution in [0, 0.1) is 0 Å². The van der Waals surface area contributed by atoms with Crippen molar-refractivity contribution in [1.29, 1.82) is 0 Å². The number of hydrogen-bond acceptors (Lipinski definition) is 8. The van der Waals surface area contributed by atoms with E-state index in [9.17, 15) is 10.2 Å². The lowest BCUT2D eigenvalue weighted by molar-refractivity contribution is 0.302. The molecule has 0 radical (unpaired) electrons. The minimum absolute atomic E-state index is 0.195. The number of aliphatic imine (C=N–C) groups is 2. The van der Waals surface area contributed by atoms with Crippen LogP contribution in [0.3, 0.4) is 0 Å². The zero-order chi connectivity index (χ0) is 37.2. The van der Waals surface area contributed by atoms with Crippen LogP contribution in [0.4, 0.5) is 0 Å². The Morgan fingerprint density at radius 1 is 0.481 bits per heavy atom. The van der Waals surface area contributed by atoms with E-state index >= 15 is 0 Å². The average molecular weight is 723 g/mol. The number of benzene rings is 2. The van der Waals surface area contributed by atoms with Gasteiger partial charge in [-0.3, -0.25) is 9.98 Å². The highest BCUT2D eigenvalue weighted by atomic mass is 16.5. The normalized spacial score (nSPS) is 11.7. The molecule has 0 aliphatic rings. The highest BCUT2D eigenvalue weighted by Gasteiger charge is 2.04. The summed E-state index contributed by atoms with van der Waals surface area (Å²) in [6.45, 7) is 10.3. The lowest BCUT2D eigenvalue weighted by Gasteiger charge is -2.08. The molecule has 0 unspecified atom stereocenters. The second-order valence-corrected chi connectivity index (χ2v) is 14.1. The SMILES string of the molecule is CCCCCCCCCCCCOc1ccc(C=NCCNCCNCCN=Cc2ccc(OCCCCCCCCCCCC)cc2O)c(O)c1. The molecular formula is C44H74N4O4. The van der Waals surface area contributed by atoms with Crippen LogP contribution in [-0.4, -0.2) is 75.1 Å². The number of ether oxygens (including phenoxy) is 2. The topological polar surface area (TPSA) is 108 Å². The van der Waals surface area contributed by atoms with Gasteiger partial charge in [0, 0.05) is 61.9 Å². The predicted octanol–water partition coefficient (Wildman–Crippen LogP) is 10.4. The molecule has 2 aromatic rings.